The van der Waals surface area contributed by atoms with E-state index < -0.39 is 9.84 Å². The molecule has 8 heteroatoms. The van der Waals surface area contributed by atoms with Crippen molar-refractivity contribution in [3.05, 3.63) is 72.3 Å². The second-order valence-electron chi connectivity index (χ2n) is 5.92. The topological polar surface area (TPSA) is 94.0 Å². The number of sulfone groups is 1. The number of carbonyl (C=O) groups is 1. The van der Waals surface area contributed by atoms with E-state index in [0.29, 0.717) is 5.56 Å². The zero-order valence-electron chi connectivity index (χ0n) is 14.3. The first-order valence-electron chi connectivity index (χ1n) is 7.90. The largest absolute Gasteiger partial charge is 0.346 e. The summed E-state index contributed by atoms with van der Waals surface area (Å²) in [6.07, 6.45) is 4.21. The third kappa shape index (κ3) is 3.97. The van der Waals surface area contributed by atoms with Crippen molar-refractivity contribution in [2.24, 2.45) is 0 Å². The lowest BCUT2D eigenvalue weighted by Gasteiger charge is -2.15. The van der Waals surface area contributed by atoms with E-state index in [9.17, 15) is 13.2 Å². The molecule has 7 nitrogen and oxygen atoms in total. The van der Waals surface area contributed by atoms with Crippen molar-refractivity contribution >= 4 is 15.7 Å². The number of hydrogen-bond acceptors (Lipinski definition) is 5. The summed E-state index contributed by atoms with van der Waals surface area (Å²) in [6.45, 7) is 1.88. The van der Waals surface area contributed by atoms with E-state index in [1.54, 1.807) is 11.0 Å². The fourth-order valence-corrected chi connectivity index (χ4v) is 3.10. The van der Waals surface area contributed by atoms with E-state index >= 15 is 0 Å². The average Bonchev–Trinajstić information content (AvgIpc) is 3.16. The highest BCUT2D eigenvalue weighted by atomic mass is 32.2. The lowest BCUT2D eigenvalue weighted by atomic mass is 10.1. The van der Waals surface area contributed by atoms with E-state index in [-0.39, 0.29) is 16.8 Å². The van der Waals surface area contributed by atoms with Crippen molar-refractivity contribution < 1.29 is 13.2 Å². The van der Waals surface area contributed by atoms with Gasteiger partial charge >= 0.3 is 0 Å². The Balaban J connectivity index is 1.69. The Morgan fingerprint density at radius 3 is 2.27 bits per heavy atom. The van der Waals surface area contributed by atoms with Crippen LogP contribution in [0.25, 0.3) is 5.69 Å². The van der Waals surface area contributed by atoms with Crippen molar-refractivity contribution in [3.8, 4) is 5.69 Å². The van der Waals surface area contributed by atoms with Crippen LogP contribution in [-0.2, 0) is 9.84 Å². The summed E-state index contributed by atoms with van der Waals surface area (Å²) in [5.74, 6) is -0.266. The Bertz CT molecular complexity index is 996. The molecule has 1 amide bonds. The van der Waals surface area contributed by atoms with Gasteiger partial charge in [-0.2, -0.15) is 5.10 Å². The third-order valence-corrected chi connectivity index (χ3v) is 5.10. The molecule has 0 aliphatic carbocycles. The summed E-state index contributed by atoms with van der Waals surface area (Å²) >= 11 is 0. The molecule has 2 aromatic carbocycles. The van der Waals surface area contributed by atoms with Crippen LogP contribution in [0.3, 0.4) is 0 Å². The number of amides is 1. The number of nitrogens with one attached hydrogen (secondary N) is 1. The van der Waals surface area contributed by atoms with Gasteiger partial charge in [0.1, 0.15) is 12.7 Å². The minimum Gasteiger partial charge on any atom is -0.346 e. The molecule has 0 unspecified atom stereocenters. The van der Waals surface area contributed by atoms with E-state index in [0.717, 1.165) is 17.5 Å². The van der Waals surface area contributed by atoms with Crippen LogP contribution in [-0.4, -0.2) is 35.3 Å². The third-order valence-electron chi connectivity index (χ3n) is 3.97. The molecule has 1 N–H and O–H groups in total. The van der Waals surface area contributed by atoms with Gasteiger partial charge in [0.25, 0.3) is 5.91 Å². The maximum Gasteiger partial charge on any atom is 0.251 e. The minimum atomic E-state index is -3.28. The standard InChI is InChI=1S/C18H18N4O3S/c1-13(14-3-7-16(8-4-14)22-12-19-11-20-22)21-18(23)15-5-9-17(10-6-15)26(2,24)25/h3-13H,1-2H3,(H,21,23)/t13-/m1/s1. The summed E-state index contributed by atoms with van der Waals surface area (Å²) in [4.78, 5) is 16.5. The van der Waals surface area contributed by atoms with Crippen LogP contribution in [0.1, 0.15) is 28.9 Å². The molecule has 1 atom stereocenters. The first-order valence-corrected chi connectivity index (χ1v) is 9.80. The van der Waals surface area contributed by atoms with Crippen LogP contribution in [0, 0.1) is 0 Å². The summed E-state index contributed by atoms with van der Waals surface area (Å²) < 4.78 is 24.6. The summed E-state index contributed by atoms with van der Waals surface area (Å²) in [6, 6.07) is 13.3. The van der Waals surface area contributed by atoms with Crippen LogP contribution in [0.15, 0.2) is 66.1 Å². The predicted molar refractivity (Wildman–Crippen MR) is 96.8 cm³/mol. The zero-order chi connectivity index (χ0) is 18.7. The van der Waals surface area contributed by atoms with Gasteiger partial charge in [-0.1, -0.05) is 12.1 Å². The Morgan fingerprint density at radius 2 is 1.73 bits per heavy atom. The molecule has 0 saturated heterocycles. The fourth-order valence-electron chi connectivity index (χ4n) is 2.47. The molecule has 0 aliphatic heterocycles. The Hall–Kier alpha value is -3.00. The van der Waals surface area contributed by atoms with Crippen LogP contribution in [0.5, 0.6) is 0 Å². The van der Waals surface area contributed by atoms with E-state index in [2.05, 4.69) is 15.4 Å². The Kier molecular flexibility index (Phi) is 4.85. The lowest BCUT2D eigenvalue weighted by Crippen LogP contribution is -2.26. The van der Waals surface area contributed by atoms with Crippen molar-refractivity contribution in [1.29, 1.82) is 0 Å². The highest BCUT2D eigenvalue weighted by Gasteiger charge is 2.13. The molecule has 134 valence electrons. The second-order valence-corrected chi connectivity index (χ2v) is 7.94. The SMILES string of the molecule is C[C@@H](NC(=O)c1ccc(S(C)(=O)=O)cc1)c1ccc(-n2cncn2)cc1. The molecule has 3 rings (SSSR count). The van der Waals surface area contributed by atoms with Gasteiger partial charge in [0.2, 0.25) is 0 Å². The van der Waals surface area contributed by atoms with Crippen LogP contribution in [0.4, 0.5) is 0 Å². The molecular weight excluding hydrogens is 352 g/mol. The zero-order valence-corrected chi connectivity index (χ0v) is 15.1. The quantitative estimate of drug-likeness (QED) is 0.743. The van der Waals surface area contributed by atoms with Crippen molar-refractivity contribution in [3.63, 3.8) is 0 Å². The van der Waals surface area contributed by atoms with E-state index in [4.69, 9.17) is 0 Å². The highest BCUT2D eigenvalue weighted by Crippen LogP contribution is 2.16. The predicted octanol–water partition coefficient (Wildman–Crippen LogP) is 2.16. The van der Waals surface area contributed by atoms with Gasteiger partial charge in [-0.25, -0.2) is 18.1 Å². The monoisotopic (exact) mass is 370 g/mol. The number of rotatable bonds is 5. The van der Waals surface area contributed by atoms with Gasteiger partial charge in [0.05, 0.1) is 16.6 Å². The van der Waals surface area contributed by atoms with Crippen molar-refractivity contribution in [2.75, 3.05) is 6.26 Å². The van der Waals surface area contributed by atoms with E-state index in [1.165, 1.54) is 30.6 Å². The molecule has 3 aromatic rings. The molecule has 0 saturated carbocycles. The molecule has 0 aliphatic rings. The highest BCUT2D eigenvalue weighted by molar-refractivity contribution is 7.90. The molecule has 0 fully saturated rings. The summed E-state index contributed by atoms with van der Waals surface area (Å²) in [5.41, 5.74) is 2.22. The van der Waals surface area contributed by atoms with Gasteiger partial charge in [-0.3, -0.25) is 4.79 Å². The first-order chi connectivity index (χ1) is 12.3. The van der Waals surface area contributed by atoms with Gasteiger partial charge in [-0.15, -0.1) is 0 Å². The van der Waals surface area contributed by atoms with Gasteiger partial charge < -0.3 is 5.32 Å². The van der Waals surface area contributed by atoms with Crippen LogP contribution >= 0.6 is 0 Å². The van der Waals surface area contributed by atoms with Gasteiger partial charge in [0.15, 0.2) is 9.84 Å². The number of hydrogen-bond donors (Lipinski definition) is 1. The Labute approximate surface area is 151 Å². The van der Waals surface area contributed by atoms with Crippen LogP contribution < -0.4 is 5.32 Å². The smallest absolute Gasteiger partial charge is 0.251 e. The summed E-state index contributed by atoms with van der Waals surface area (Å²) in [7, 11) is -3.28. The normalized spacial score (nSPS) is 12.5. The first kappa shape index (κ1) is 17.8. The summed E-state index contributed by atoms with van der Waals surface area (Å²) in [5, 5.41) is 6.97. The number of benzene rings is 2. The van der Waals surface area contributed by atoms with Crippen LogP contribution in [0.2, 0.25) is 0 Å². The van der Waals surface area contributed by atoms with Gasteiger partial charge in [-0.05, 0) is 48.9 Å². The number of nitrogens with zero attached hydrogens (tertiary/aromatic N) is 3. The number of carbonyl (C=O) groups excluding carboxylic acids is 1. The molecule has 0 bridgehead atoms. The van der Waals surface area contributed by atoms with Crippen molar-refractivity contribution in [1.82, 2.24) is 20.1 Å². The fraction of sp³-hybridized carbons (Fsp3) is 0.167. The lowest BCUT2D eigenvalue weighted by molar-refractivity contribution is 0.0940. The van der Waals surface area contributed by atoms with E-state index in [1.807, 2.05) is 31.2 Å². The molecule has 0 spiro atoms. The average molecular weight is 370 g/mol. The van der Waals surface area contributed by atoms with Gasteiger partial charge in [0, 0.05) is 11.8 Å². The maximum absolute atomic E-state index is 12.4. The second kappa shape index (κ2) is 7.09. The molecule has 26 heavy (non-hydrogen) atoms. The minimum absolute atomic E-state index is 0.186. The maximum atomic E-state index is 12.4. The molecule has 1 heterocycles. The molecule has 1 aromatic heterocycles. The number of aromatic nitrogens is 3. The Morgan fingerprint density at radius 1 is 1.08 bits per heavy atom. The molecule has 0 radical (unpaired) electrons. The van der Waals surface area contributed by atoms with Crippen molar-refractivity contribution in [2.45, 2.75) is 17.9 Å². The molecular formula is C18H18N4O3S.